The second-order valence-electron chi connectivity index (χ2n) is 3.34. The molecule has 0 radical (unpaired) electrons. The predicted molar refractivity (Wildman–Crippen MR) is 74.2 cm³/mol. The van der Waals surface area contributed by atoms with Gasteiger partial charge in [-0.3, -0.25) is 0 Å². The lowest BCUT2D eigenvalue weighted by Gasteiger charge is -2.05. The zero-order valence-corrected chi connectivity index (χ0v) is 11.3. The second-order valence-corrected chi connectivity index (χ2v) is 4.19. The van der Waals surface area contributed by atoms with Crippen LogP contribution in [-0.4, -0.2) is 19.6 Å². The Labute approximate surface area is 110 Å². The minimum absolute atomic E-state index is 0.414. The van der Waals surface area contributed by atoms with E-state index in [1.165, 1.54) is 0 Å². The second kappa shape index (κ2) is 6.96. The molecule has 1 aromatic rings. The summed E-state index contributed by atoms with van der Waals surface area (Å²) in [4.78, 5) is 4.20. The topological polar surface area (TPSA) is 59.6 Å². The zero-order chi connectivity index (χ0) is 12.7. The van der Waals surface area contributed by atoms with Gasteiger partial charge in [0.15, 0.2) is 5.96 Å². The van der Waals surface area contributed by atoms with Crippen molar-refractivity contribution < 1.29 is 4.74 Å². The first kappa shape index (κ1) is 13.6. The van der Waals surface area contributed by atoms with Crippen molar-refractivity contribution in [1.82, 2.24) is 5.32 Å². The highest BCUT2D eigenvalue weighted by atomic mass is 79.9. The number of hydrogen-bond acceptors (Lipinski definition) is 2. The van der Waals surface area contributed by atoms with Gasteiger partial charge in [0.1, 0.15) is 5.75 Å². The number of nitrogens with one attached hydrogen (secondary N) is 1. The van der Waals surface area contributed by atoms with Crippen molar-refractivity contribution in [3.8, 4) is 5.75 Å². The van der Waals surface area contributed by atoms with Crippen LogP contribution in [0.5, 0.6) is 5.75 Å². The quantitative estimate of drug-likeness (QED) is 0.497. The number of methoxy groups -OCH3 is 1. The fourth-order valence-corrected chi connectivity index (χ4v) is 1.81. The van der Waals surface area contributed by atoms with Crippen LogP contribution in [0.2, 0.25) is 0 Å². The molecule has 0 heterocycles. The van der Waals surface area contributed by atoms with E-state index in [1.54, 1.807) is 13.2 Å². The van der Waals surface area contributed by atoms with Gasteiger partial charge in [0, 0.05) is 6.54 Å². The molecule has 1 rings (SSSR count). The molecule has 5 heteroatoms. The van der Waals surface area contributed by atoms with Gasteiger partial charge in [0.2, 0.25) is 0 Å². The van der Waals surface area contributed by atoms with E-state index < -0.39 is 0 Å². The van der Waals surface area contributed by atoms with Crippen LogP contribution < -0.4 is 15.8 Å². The summed E-state index contributed by atoms with van der Waals surface area (Å²) in [5.74, 6) is 1.22. The van der Waals surface area contributed by atoms with Crippen LogP contribution >= 0.6 is 15.9 Å². The minimum Gasteiger partial charge on any atom is -0.496 e. The van der Waals surface area contributed by atoms with Crippen molar-refractivity contribution in [2.45, 2.75) is 6.54 Å². The van der Waals surface area contributed by atoms with Gasteiger partial charge in [0.25, 0.3) is 0 Å². The maximum Gasteiger partial charge on any atom is 0.189 e. The largest absolute Gasteiger partial charge is 0.496 e. The molecule has 0 saturated heterocycles. The number of ether oxygens (including phenoxy) is 1. The number of nitrogens with zero attached hydrogens (tertiary/aromatic N) is 1. The van der Waals surface area contributed by atoms with Gasteiger partial charge in [-0.15, -0.1) is 6.58 Å². The highest BCUT2D eigenvalue weighted by Crippen LogP contribution is 2.25. The number of nitrogens with two attached hydrogens (primary N) is 1. The summed E-state index contributed by atoms with van der Waals surface area (Å²) in [7, 11) is 1.63. The van der Waals surface area contributed by atoms with E-state index in [0.29, 0.717) is 19.0 Å². The Kier molecular flexibility index (Phi) is 5.56. The highest BCUT2D eigenvalue weighted by Gasteiger charge is 2.00. The molecule has 0 spiro atoms. The van der Waals surface area contributed by atoms with Crippen LogP contribution in [0.3, 0.4) is 0 Å². The number of guanidine groups is 1. The van der Waals surface area contributed by atoms with Gasteiger partial charge >= 0.3 is 0 Å². The molecule has 0 amide bonds. The standard InChI is InChI=1S/C12H16BrN3O/c1-3-6-15-12(14)16-8-9-4-5-11(17-2)10(13)7-9/h3-5,7H,1,6,8H2,2H3,(H3,14,15,16). The average Bonchev–Trinajstić information content (AvgIpc) is 2.34. The van der Waals surface area contributed by atoms with Crippen molar-refractivity contribution >= 4 is 21.9 Å². The van der Waals surface area contributed by atoms with Crippen molar-refractivity contribution in [2.75, 3.05) is 13.7 Å². The monoisotopic (exact) mass is 297 g/mol. The molecule has 0 unspecified atom stereocenters. The lowest BCUT2D eigenvalue weighted by atomic mass is 10.2. The molecule has 1 aromatic carbocycles. The van der Waals surface area contributed by atoms with Gasteiger partial charge in [-0.05, 0) is 33.6 Å². The Morgan fingerprint density at radius 3 is 3.00 bits per heavy atom. The highest BCUT2D eigenvalue weighted by molar-refractivity contribution is 9.10. The molecule has 0 bridgehead atoms. The van der Waals surface area contributed by atoms with Gasteiger partial charge < -0.3 is 15.8 Å². The van der Waals surface area contributed by atoms with E-state index in [2.05, 4.69) is 32.8 Å². The van der Waals surface area contributed by atoms with Gasteiger partial charge in [-0.2, -0.15) is 0 Å². The Hall–Kier alpha value is -1.49. The van der Waals surface area contributed by atoms with Gasteiger partial charge in [-0.25, -0.2) is 4.99 Å². The molecular formula is C12H16BrN3O. The van der Waals surface area contributed by atoms with Crippen LogP contribution in [0, 0.1) is 0 Å². The molecular weight excluding hydrogens is 282 g/mol. The first-order valence-electron chi connectivity index (χ1n) is 5.14. The molecule has 4 nitrogen and oxygen atoms in total. The third-order valence-electron chi connectivity index (χ3n) is 2.08. The molecule has 0 saturated carbocycles. The van der Waals surface area contributed by atoms with E-state index in [4.69, 9.17) is 10.5 Å². The van der Waals surface area contributed by atoms with E-state index in [1.807, 2.05) is 18.2 Å². The van der Waals surface area contributed by atoms with E-state index in [0.717, 1.165) is 15.8 Å². The summed E-state index contributed by atoms with van der Waals surface area (Å²) in [6.45, 7) is 4.73. The summed E-state index contributed by atoms with van der Waals surface area (Å²) in [6.07, 6.45) is 1.73. The Morgan fingerprint density at radius 2 is 2.41 bits per heavy atom. The van der Waals surface area contributed by atoms with Crippen LogP contribution in [0.25, 0.3) is 0 Å². The van der Waals surface area contributed by atoms with Crippen molar-refractivity contribution in [1.29, 1.82) is 0 Å². The molecule has 0 fully saturated rings. The summed E-state index contributed by atoms with van der Waals surface area (Å²) < 4.78 is 6.06. The van der Waals surface area contributed by atoms with Crippen LogP contribution in [-0.2, 0) is 6.54 Å². The lowest BCUT2D eigenvalue weighted by Crippen LogP contribution is -2.31. The Balaban J connectivity index is 2.63. The SMILES string of the molecule is C=CCNC(N)=NCc1ccc(OC)c(Br)c1. The van der Waals surface area contributed by atoms with Crippen molar-refractivity contribution in [3.05, 3.63) is 40.9 Å². The first-order chi connectivity index (χ1) is 8.17. The van der Waals surface area contributed by atoms with Gasteiger partial charge in [0.05, 0.1) is 18.1 Å². The average molecular weight is 298 g/mol. The maximum atomic E-state index is 5.66. The molecule has 3 N–H and O–H groups in total. The van der Waals surface area contributed by atoms with E-state index in [-0.39, 0.29) is 0 Å². The zero-order valence-electron chi connectivity index (χ0n) is 9.74. The minimum atomic E-state index is 0.414. The molecule has 92 valence electrons. The normalized spacial score (nSPS) is 11.1. The van der Waals surface area contributed by atoms with E-state index in [9.17, 15) is 0 Å². The fourth-order valence-electron chi connectivity index (χ4n) is 1.22. The number of halogens is 1. The maximum absolute atomic E-state index is 5.66. The molecule has 0 atom stereocenters. The molecule has 0 aliphatic carbocycles. The summed E-state index contributed by atoms with van der Waals surface area (Å²) in [5, 5.41) is 2.91. The lowest BCUT2D eigenvalue weighted by molar-refractivity contribution is 0.412. The van der Waals surface area contributed by atoms with E-state index >= 15 is 0 Å². The first-order valence-corrected chi connectivity index (χ1v) is 5.93. The molecule has 0 aromatic heterocycles. The number of hydrogen-bond donors (Lipinski definition) is 2. The van der Waals surface area contributed by atoms with Crippen molar-refractivity contribution in [3.63, 3.8) is 0 Å². The fraction of sp³-hybridized carbons (Fsp3) is 0.250. The third-order valence-corrected chi connectivity index (χ3v) is 2.70. The smallest absolute Gasteiger partial charge is 0.189 e. The molecule has 0 aliphatic rings. The number of aliphatic imine (C=N–C) groups is 1. The Bertz CT molecular complexity index is 418. The summed E-state index contributed by atoms with van der Waals surface area (Å²) >= 11 is 3.42. The summed E-state index contributed by atoms with van der Waals surface area (Å²) in [6, 6.07) is 5.80. The van der Waals surface area contributed by atoms with Crippen LogP contribution in [0.4, 0.5) is 0 Å². The molecule has 0 aliphatic heterocycles. The van der Waals surface area contributed by atoms with Gasteiger partial charge in [-0.1, -0.05) is 12.1 Å². The predicted octanol–water partition coefficient (Wildman–Crippen LogP) is 2.05. The summed E-state index contributed by atoms with van der Waals surface area (Å²) in [5.41, 5.74) is 6.71. The third kappa shape index (κ3) is 4.48. The van der Waals surface area contributed by atoms with Crippen molar-refractivity contribution in [2.24, 2.45) is 10.7 Å². The molecule has 17 heavy (non-hydrogen) atoms. The number of benzene rings is 1. The van der Waals surface area contributed by atoms with Crippen LogP contribution in [0.1, 0.15) is 5.56 Å². The number of rotatable bonds is 5. The van der Waals surface area contributed by atoms with Crippen LogP contribution in [0.15, 0.2) is 40.3 Å². The Morgan fingerprint density at radius 1 is 1.65 bits per heavy atom.